The van der Waals surface area contributed by atoms with Crippen LogP contribution in [0.15, 0.2) is 70.5 Å². The zero-order chi connectivity index (χ0) is 33.4. The molecule has 0 bridgehead atoms. The van der Waals surface area contributed by atoms with E-state index in [0.717, 1.165) is 11.1 Å². The van der Waals surface area contributed by atoms with Crippen molar-refractivity contribution in [1.82, 2.24) is 4.72 Å². The van der Waals surface area contributed by atoms with Gasteiger partial charge in [0.05, 0.1) is 9.79 Å². The topological polar surface area (TPSA) is 170 Å². The lowest BCUT2D eigenvalue weighted by atomic mass is 9.92. The molecule has 13 heteroatoms. The second-order valence-corrected chi connectivity index (χ2v) is 14.2. The minimum absolute atomic E-state index is 0.0307. The molecule has 3 rings (SSSR count). The fraction of sp³-hybridized carbons (Fsp3) is 0.323. The van der Waals surface area contributed by atoms with Crippen molar-refractivity contribution in [2.45, 2.75) is 76.0 Å². The van der Waals surface area contributed by atoms with Crippen LogP contribution < -0.4 is 15.2 Å². The van der Waals surface area contributed by atoms with Gasteiger partial charge in [0.1, 0.15) is 0 Å². The highest BCUT2D eigenvalue weighted by Gasteiger charge is 2.22. The Morgan fingerprint density at radius 1 is 0.750 bits per heavy atom. The maximum absolute atomic E-state index is 12.7. The van der Waals surface area contributed by atoms with Crippen LogP contribution >= 0.6 is 11.6 Å². The number of urea groups is 1. The van der Waals surface area contributed by atoms with Gasteiger partial charge in [0, 0.05) is 34.7 Å². The number of rotatable bonds is 10. The van der Waals surface area contributed by atoms with Gasteiger partial charge in [-0.1, -0.05) is 77.4 Å². The molecule has 44 heavy (non-hydrogen) atoms. The average molecular weight is 664 g/mol. The van der Waals surface area contributed by atoms with Crippen molar-refractivity contribution in [2.75, 3.05) is 5.32 Å². The van der Waals surface area contributed by atoms with Crippen molar-refractivity contribution < 1.29 is 31.2 Å². The van der Waals surface area contributed by atoms with Crippen molar-refractivity contribution in [3.63, 3.8) is 0 Å². The van der Waals surface area contributed by atoms with E-state index in [9.17, 15) is 31.2 Å². The van der Waals surface area contributed by atoms with Crippen LogP contribution in [0.1, 0.15) is 98.1 Å². The lowest BCUT2D eigenvalue weighted by molar-refractivity contribution is 0.0980. The number of primary sulfonamides is 1. The summed E-state index contributed by atoms with van der Waals surface area (Å²) in [5, 5.41) is 8.17. The van der Waals surface area contributed by atoms with Gasteiger partial charge in [-0.3, -0.25) is 9.59 Å². The van der Waals surface area contributed by atoms with Gasteiger partial charge in [-0.05, 0) is 59.4 Å². The number of benzene rings is 3. The summed E-state index contributed by atoms with van der Waals surface area (Å²) in [6, 6.07) is 14.0. The van der Waals surface area contributed by atoms with Crippen LogP contribution in [0, 0.1) is 0 Å². The Balaban J connectivity index is 0.000000402. The van der Waals surface area contributed by atoms with Gasteiger partial charge in [-0.25, -0.2) is 31.5 Å². The number of sulfonamides is 2. The maximum Gasteiger partial charge on any atom is 0.333 e. The molecule has 238 valence electrons. The molecule has 0 aromatic heterocycles. The van der Waals surface area contributed by atoms with Gasteiger partial charge in [-0.2, -0.15) is 0 Å². The van der Waals surface area contributed by atoms with Gasteiger partial charge >= 0.3 is 6.03 Å². The van der Waals surface area contributed by atoms with Crippen LogP contribution in [0.4, 0.5) is 10.5 Å². The van der Waals surface area contributed by atoms with E-state index in [-0.39, 0.29) is 45.2 Å². The Morgan fingerprint density at radius 2 is 1.18 bits per heavy atom. The summed E-state index contributed by atoms with van der Waals surface area (Å²) in [4.78, 5) is 35.6. The summed E-state index contributed by atoms with van der Waals surface area (Å²) in [7, 11) is -7.88. The smallest absolute Gasteiger partial charge is 0.307 e. The molecule has 0 heterocycles. The Labute approximate surface area is 264 Å². The molecule has 10 nitrogen and oxygen atoms in total. The van der Waals surface area contributed by atoms with Crippen molar-refractivity contribution >= 4 is 54.9 Å². The van der Waals surface area contributed by atoms with Crippen molar-refractivity contribution in [3.8, 4) is 0 Å². The van der Waals surface area contributed by atoms with E-state index in [1.807, 2.05) is 32.4 Å². The Morgan fingerprint density at radius 3 is 1.59 bits per heavy atom. The summed E-state index contributed by atoms with van der Waals surface area (Å²) >= 11 is 6.23. The first-order chi connectivity index (χ1) is 20.4. The number of amides is 2. The molecule has 3 aromatic carbocycles. The van der Waals surface area contributed by atoms with Gasteiger partial charge in [0.15, 0.2) is 11.6 Å². The molecule has 3 aromatic rings. The van der Waals surface area contributed by atoms with E-state index in [1.165, 1.54) is 36.4 Å². The summed E-state index contributed by atoms with van der Waals surface area (Å²) < 4.78 is 49.3. The number of ketones is 2. The molecular formula is C31H38ClN3O7S2. The second-order valence-electron chi connectivity index (χ2n) is 10.5. The Hall–Kier alpha value is -3.58. The molecule has 0 atom stereocenters. The molecule has 0 aliphatic carbocycles. The first kappa shape index (κ1) is 36.6. The summed E-state index contributed by atoms with van der Waals surface area (Å²) in [5.74, 6) is -0.161. The monoisotopic (exact) mass is 663 g/mol. The zero-order valence-corrected chi connectivity index (χ0v) is 27.9. The third kappa shape index (κ3) is 9.98. The van der Waals surface area contributed by atoms with Crippen molar-refractivity contribution in [3.05, 3.63) is 87.9 Å². The number of halogens is 1. The number of nitrogens with two attached hydrogens (primary N) is 1. The highest BCUT2D eigenvalue weighted by atomic mass is 35.5. The minimum atomic E-state index is -4.16. The van der Waals surface area contributed by atoms with Gasteiger partial charge in [0.2, 0.25) is 10.0 Å². The van der Waals surface area contributed by atoms with Crippen molar-refractivity contribution in [2.24, 2.45) is 5.14 Å². The number of carbonyl (C=O) groups is 3. The molecular weight excluding hydrogens is 626 g/mol. The predicted octanol–water partition coefficient (Wildman–Crippen LogP) is 6.62. The largest absolute Gasteiger partial charge is 0.333 e. The lowest BCUT2D eigenvalue weighted by Crippen LogP contribution is -2.35. The molecule has 0 saturated carbocycles. The molecule has 0 fully saturated rings. The van der Waals surface area contributed by atoms with Crippen LogP contribution in [0.5, 0.6) is 0 Å². The lowest BCUT2D eigenvalue weighted by Gasteiger charge is -2.21. The van der Waals surface area contributed by atoms with Crippen LogP contribution in [-0.4, -0.2) is 34.4 Å². The number of carbonyl (C=O) groups excluding carboxylic acids is 3. The fourth-order valence-corrected chi connectivity index (χ4v) is 5.86. The van der Waals surface area contributed by atoms with E-state index >= 15 is 0 Å². The molecule has 0 spiro atoms. The number of nitrogens with one attached hydrogen (secondary N) is 2. The molecule has 0 aliphatic rings. The SMILES string of the molecule is CCC(=O)c1cccc(S(=O)(=O)NC(=O)Nc2c(C(C)C)cc(Cl)cc2C(C)C)c1.CCC(=O)c1cccc(S(N)(=O)=O)c1. The average Bonchev–Trinajstić information content (AvgIpc) is 2.96. The molecule has 2 amide bonds. The minimum Gasteiger partial charge on any atom is -0.307 e. The Kier molecular flexibility index (Phi) is 12.8. The van der Waals surface area contributed by atoms with E-state index in [2.05, 4.69) is 5.32 Å². The first-order valence-electron chi connectivity index (χ1n) is 13.9. The van der Waals surface area contributed by atoms with Gasteiger partial charge < -0.3 is 5.32 Å². The first-order valence-corrected chi connectivity index (χ1v) is 17.3. The summed E-state index contributed by atoms with van der Waals surface area (Å²) in [6.45, 7) is 11.3. The molecule has 0 saturated heterocycles. The zero-order valence-electron chi connectivity index (χ0n) is 25.5. The van der Waals surface area contributed by atoms with Gasteiger partial charge in [-0.15, -0.1) is 0 Å². The standard InChI is InChI=1S/C22H27ClN2O4S.C9H11NO3S/c1-6-20(26)15-8-7-9-17(10-15)30(28,29)25-22(27)24-21-18(13(2)3)11-16(23)12-19(21)14(4)5;1-2-9(11)7-4-3-5-8(6-7)14(10,12)13/h7-14H,6H2,1-5H3,(H2,24,25,27);3-6H,2H2,1H3,(H2,10,12,13). The van der Waals surface area contributed by atoms with Gasteiger partial charge in [0.25, 0.3) is 10.0 Å². The summed E-state index contributed by atoms with van der Waals surface area (Å²) in [5.41, 5.74) is 2.83. The maximum atomic E-state index is 12.7. The van der Waals surface area contributed by atoms with Crippen LogP contribution in [0.25, 0.3) is 0 Å². The highest BCUT2D eigenvalue weighted by molar-refractivity contribution is 7.90. The molecule has 0 unspecified atom stereocenters. The third-order valence-corrected chi connectivity index (χ3v) is 8.92. The quantitative estimate of drug-likeness (QED) is 0.205. The molecule has 0 aliphatic heterocycles. The Bertz CT molecular complexity index is 1720. The molecule has 4 N–H and O–H groups in total. The fourth-order valence-electron chi connectivity index (χ4n) is 4.12. The van der Waals surface area contributed by atoms with Crippen LogP contribution in [-0.2, 0) is 20.0 Å². The van der Waals surface area contributed by atoms with Crippen LogP contribution in [0.2, 0.25) is 5.02 Å². The number of hydrogen-bond donors (Lipinski definition) is 3. The third-order valence-electron chi connectivity index (χ3n) is 6.47. The number of hydrogen-bond acceptors (Lipinski definition) is 7. The van der Waals surface area contributed by atoms with E-state index in [0.29, 0.717) is 22.7 Å². The van der Waals surface area contributed by atoms with Crippen molar-refractivity contribution in [1.29, 1.82) is 0 Å². The summed E-state index contributed by atoms with van der Waals surface area (Å²) in [6.07, 6.45) is 0.595. The van der Waals surface area contributed by atoms with E-state index in [4.69, 9.17) is 16.7 Å². The van der Waals surface area contributed by atoms with Crippen LogP contribution in [0.3, 0.4) is 0 Å². The van der Waals surface area contributed by atoms with E-state index in [1.54, 1.807) is 38.1 Å². The number of anilines is 1. The molecule has 0 radical (unpaired) electrons. The highest BCUT2D eigenvalue weighted by Crippen LogP contribution is 2.35. The normalized spacial score (nSPS) is 11.5. The number of Topliss-reactive ketones (excluding diaryl/α,β-unsaturated/α-hetero) is 2. The predicted molar refractivity (Wildman–Crippen MR) is 172 cm³/mol. The second kappa shape index (κ2) is 15.4. The van der Waals surface area contributed by atoms with E-state index < -0.39 is 26.1 Å².